The monoisotopic (exact) mass is 220 g/mol. The molecule has 0 bridgehead atoms. The molecule has 0 amide bonds. The summed E-state index contributed by atoms with van der Waals surface area (Å²) in [5.74, 6) is 0.136. The molecule has 1 rings (SSSR count). The average molecular weight is 220 g/mol. The van der Waals surface area contributed by atoms with Gasteiger partial charge in [0.05, 0.1) is 11.8 Å². The fraction of sp³-hybridized carbons (Fsp3) is 0.667. The van der Waals surface area contributed by atoms with E-state index < -0.39 is 15.9 Å². The van der Waals surface area contributed by atoms with Gasteiger partial charge in [0.2, 0.25) is 5.89 Å². The lowest BCUT2D eigenvalue weighted by molar-refractivity contribution is 0.353. The number of rotatable bonds is 4. The SMILES string of the molecule is CS(=O)(=O)CCC(N)c1nc(N)no1. The molecule has 1 atom stereocenters. The van der Waals surface area contributed by atoms with Gasteiger partial charge in [0.1, 0.15) is 9.84 Å². The fourth-order valence-corrected chi connectivity index (χ4v) is 1.54. The van der Waals surface area contributed by atoms with Crippen molar-refractivity contribution in [2.24, 2.45) is 5.73 Å². The van der Waals surface area contributed by atoms with Crippen LogP contribution in [-0.2, 0) is 9.84 Å². The Balaban J connectivity index is 2.55. The molecule has 1 aromatic heterocycles. The third kappa shape index (κ3) is 3.30. The zero-order chi connectivity index (χ0) is 10.8. The van der Waals surface area contributed by atoms with Gasteiger partial charge < -0.3 is 16.0 Å². The van der Waals surface area contributed by atoms with Crippen LogP contribution in [-0.4, -0.2) is 30.6 Å². The van der Waals surface area contributed by atoms with Crippen LogP contribution in [0, 0.1) is 0 Å². The van der Waals surface area contributed by atoms with Crippen LogP contribution in [0.3, 0.4) is 0 Å². The van der Waals surface area contributed by atoms with Crippen molar-refractivity contribution in [1.82, 2.24) is 10.1 Å². The lowest BCUT2D eigenvalue weighted by atomic mass is 10.2. The predicted molar refractivity (Wildman–Crippen MR) is 50.0 cm³/mol. The van der Waals surface area contributed by atoms with E-state index in [2.05, 4.69) is 14.7 Å². The Morgan fingerprint density at radius 3 is 2.64 bits per heavy atom. The van der Waals surface area contributed by atoms with E-state index in [0.717, 1.165) is 6.26 Å². The lowest BCUT2D eigenvalue weighted by Crippen LogP contribution is -2.16. The Bertz CT molecular complexity index is 399. The molecule has 0 radical (unpaired) electrons. The van der Waals surface area contributed by atoms with Crippen LogP contribution < -0.4 is 11.5 Å². The first-order valence-corrected chi connectivity index (χ1v) is 5.97. The molecule has 1 aromatic rings. The first-order chi connectivity index (χ1) is 6.38. The van der Waals surface area contributed by atoms with E-state index in [9.17, 15) is 8.42 Å². The summed E-state index contributed by atoms with van der Waals surface area (Å²) in [7, 11) is -3.02. The lowest BCUT2D eigenvalue weighted by Gasteiger charge is -2.04. The molecule has 0 fully saturated rings. The molecule has 0 aromatic carbocycles. The van der Waals surface area contributed by atoms with Gasteiger partial charge in [-0.3, -0.25) is 0 Å². The van der Waals surface area contributed by atoms with Crippen LogP contribution in [0.15, 0.2) is 4.52 Å². The van der Waals surface area contributed by atoms with Crippen molar-refractivity contribution in [2.75, 3.05) is 17.7 Å². The van der Waals surface area contributed by atoms with Gasteiger partial charge in [0, 0.05) is 6.26 Å². The van der Waals surface area contributed by atoms with E-state index in [-0.39, 0.29) is 24.0 Å². The number of hydrogen-bond donors (Lipinski definition) is 2. The van der Waals surface area contributed by atoms with Gasteiger partial charge in [-0.2, -0.15) is 4.98 Å². The van der Waals surface area contributed by atoms with Gasteiger partial charge in [0.25, 0.3) is 5.95 Å². The minimum atomic E-state index is -3.02. The Morgan fingerprint density at radius 1 is 1.57 bits per heavy atom. The Kier molecular flexibility index (Phi) is 3.06. The largest absolute Gasteiger partial charge is 0.365 e. The van der Waals surface area contributed by atoms with Crippen molar-refractivity contribution in [3.8, 4) is 0 Å². The first-order valence-electron chi connectivity index (χ1n) is 3.91. The minimum Gasteiger partial charge on any atom is -0.365 e. The van der Waals surface area contributed by atoms with Crippen molar-refractivity contribution in [3.05, 3.63) is 5.89 Å². The number of hydrogen-bond acceptors (Lipinski definition) is 7. The van der Waals surface area contributed by atoms with Crippen LogP contribution in [0.5, 0.6) is 0 Å². The zero-order valence-corrected chi connectivity index (χ0v) is 8.49. The van der Waals surface area contributed by atoms with E-state index in [4.69, 9.17) is 11.5 Å². The second-order valence-electron chi connectivity index (χ2n) is 3.02. The summed E-state index contributed by atoms with van der Waals surface area (Å²) in [4.78, 5) is 3.69. The Labute approximate surface area is 81.4 Å². The maximum atomic E-state index is 10.8. The standard InChI is InChI=1S/C6H12N4O3S/c1-14(11,12)3-2-4(7)5-9-6(8)10-13-5/h4H,2-3,7H2,1H3,(H2,8,10). The summed E-state index contributed by atoms with van der Waals surface area (Å²) in [6.07, 6.45) is 1.38. The van der Waals surface area contributed by atoms with Gasteiger partial charge in [-0.05, 0) is 11.6 Å². The van der Waals surface area contributed by atoms with Gasteiger partial charge in [-0.25, -0.2) is 8.42 Å². The maximum absolute atomic E-state index is 10.8. The molecule has 0 aliphatic rings. The van der Waals surface area contributed by atoms with Crippen molar-refractivity contribution < 1.29 is 12.9 Å². The quantitative estimate of drug-likeness (QED) is 0.672. The highest BCUT2D eigenvalue weighted by Crippen LogP contribution is 2.12. The first kappa shape index (κ1) is 10.9. The summed E-state index contributed by atoms with van der Waals surface area (Å²) in [5.41, 5.74) is 10.8. The minimum absolute atomic E-state index is 0.00481. The molecule has 0 saturated heterocycles. The van der Waals surface area contributed by atoms with Gasteiger partial charge in [0.15, 0.2) is 0 Å². The number of aromatic nitrogens is 2. The molecular weight excluding hydrogens is 208 g/mol. The topological polar surface area (TPSA) is 125 Å². The summed E-state index contributed by atoms with van der Waals surface area (Å²) in [5, 5.41) is 3.34. The van der Waals surface area contributed by atoms with Crippen molar-refractivity contribution in [3.63, 3.8) is 0 Å². The molecule has 1 heterocycles. The second-order valence-corrected chi connectivity index (χ2v) is 5.28. The van der Waals surface area contributed by atoms with E-state index in [1.807, 2.05) is 0 Å². The fourth-order valence-electron chi connectivity index (χ4n) is 0.862. The molecule has 80 valence electrons. The normalized spacial score (nSPS) is 14.1. The van der Waals surface area contributed by atoms with Gasteiger partial charge in [-0.15, -0.1) is 0 Å². The maximum Gasteiger partial charge on any atom is 0.260 e. The highest BCUT2D eigenvalue weighted by molar-refractivity contribution is 7.90. The molecule has 8 heteroatoms. The third-order valence-electron chi connectivity index (χ3n) is 1.57. The Hall–Kier alpha value is -1.15. The van der Waals surface area contributed by atoms with E-state index in [1.165, 1.54) is 0 Å². The summed E-state index contributed by atoms with van der Waals surface area (Å²) in [6.45, 7) is 0. The molecule has 0 saturated carbocycles. The molecule has 1 unspecified atom stereocenters. The molecule has 0 aliphatic heterocycles. The highest BCUT2D eigenvalue weighted by atomic mass is 32.2. The van der Waals surface area contributed by atoms with Crippen LogP contribution >= 0.6 is 0 Å². The van der Waals surface area contributed by atoms with Crippen LogP contribution in [0.2, 0.25) is 0 Å². The molecule has 7 nitrogen and oxygen atoms in total. The van der Waals surface area contributed by atoms with Crippen LogP contribution in [0.1, 0.15) is 18.4 Å². The van der Waals surface area contributed by atoms with Crippen LogP contribution in [0.25, 0.3) is 0 Å². The molecule has 0 aliphatic carbocycles. The molecule has 0 spiro atoms. The van der Waals surface area contributed by atoms with E-state index >= 15 is 0 Å². The molecule has 4 N–H and O–H groups in total. The van der Waals surface area contributed by atoms with Crippen LogP contribution in [0.4, 0.5) is 5.95 Å². The van der Waals surface area contributed by atoms with E-state index in [1.54, 1.807) is 0 Å². The van der Waals surface area contributed by atoms with Crippen molar-refractivity contribution in [1.29, 1.82) is 0 Å². The number of nitrogens with zero attached hydrogens (tertiary/aromatic N) is 2. The van der Waals surface area contributed by atoms with Gasteiger partial charge >= 0.3 is 0 Å². The molecule has 14 heavy (non-hydrogen) atoms. The highest BCUT2D eigenvalue weighted by Gasteiger charge is 2.15. The third-order valence-corrected chi connectivity index (χ3v) is 2.55. The zero-order valence-electron chi connectivity index (χ0n) is 7.67. The van der Waals surface area contributed by atoms with Crippen molar-refractivity contribution in [2.45, 2.75) is 12.5 Å². The van der Waals surface area contributed by atoms with Gasteiger partial charge in [-0.1, -0.05) is 0 Å². The smallest absolute Gasteiger partial charge is 0.260 e. The Morgan fingerprint density at radius 2 is 2.21 bits per heavy atom. The number of anilines is 1. The predicted octanol–water partition coefficient (Wildman–Crippen LogP) is -0.914. The summed E-state index contributed by atoms with van der Waals surface area (Å²) in [6, 6.07) is -0.588. The summed E-state index contributed by atoms with van der Waals surface area (Å²) < 4.78 is 26.3. The molecular formula is C6H12N4O3S. The second kappa shape index (κ2) is 3.93. The number of nitrogens with two attached hydrogens (primary N) is 2. The number of nitrogen functional groups attached to an aromatic ring is 1. The van der Waals surface area contributed by atoms with E-state index in [0.29, 0.717) is 0 Å². The summed E-state index contributed by atoms with van der Waals surface area (Å²) >= 11 is 0. The number of sulfone groups is 1. The average Bonchev–Trinajstić information content (AvgIpc) is 2.46. The van der Waals surface area contributed by atoms with Crippen molar-refractivity contribution >= 4 is 15.8 Å².